The van der Waals surface area contributed by atoms with E-state index in [1.54, 1.807) is 12.1 Å². The number of rotatable bonds is 3. The van der Waals surface area contributed by atoms with Gasteiger partial charge in [0.2, 0.25) is 0 Å². The van der Waals surface area contributed by atoms with E-state index in [4.69, 9.17) is 0 Å². The summed E-state index contributed by atoms with van der Waals surface area (Å²) >= 11 is 0. The summed E-state index contributed by atoms with van der Waals surface area (Å²) in [6.45, 7) is 0. The fourth-order valence-electron chi connectivity index (χ4n) is 3.16. The molecule has 2 N–H and O–H groups in total. The van der Waals surface area contributed by atoms with Crippen molar-refractivity contribution in [1.82, 2.24) is 0 Å². The second-order valence-corrected chi connectivity index (χ2v) is 6.22. The molecule has 2 nitrogen and oxygen atoms in total. The standard InChI is InChI=1S/C23H18O2/c24-22-12-11-18(14-20(22)13-16-5-2-1-3-6-16)19-10-9-17-7-4-8-23(25)21(17)15-19/h1-12,14-15,24-25H,13H2. The van der Waals surface area contributed by atoms with Gasteiger partial charge in [-0.05, 0) is 51.9 Å². The van der Waals surface area contributed by atoms with Gasteiger partial charge in [0.05, 0.1) is 0 Å². The lowest BCUT2D eigenvalue weighted by atomic mass is 9.96. The normalized spacial score (nSPS) is 10.9. The third-order valence-corrected chi connectivity index (χ3v) is 4.51. The van der Waals surface area contributed by atoms with Crippen molar-refractivity contribution >= 4 is 10.8 Å². The van der Waals surface area contributed by atoms with Gasteiger partial charge in [-0.25, -0.2) is 0 Å². The van der Waals surface area contributed by atoms with Gasteiger partial charge < -0.3 is 10.2 Å². The van der Waals surface area contributed by atoms with Crippen LogP contribution < -0.4 is 0 Å². The highest BCUT2D eigenvalue weighted by Crippen LogP contribution is 2.32. The van der Waals surface area contributed by atoms with Gasteiger partial charge in [0.15, 0.2) is 0 Å². The first-order chi connectivity index (χ1) is 12.2. The van der Waals surface area contributed by atoms with Gasteiger partial charge >= 0.3 is 0 Å². The van der Waals surface area contributed by atoms with Gasteiger partial charge in [0, 0.05) is 11.8 Å². The van der Waals surface area contributed by atoms with E-state index in [1.165, 1.54) is 0 Å². The Labute approximate surface area is 146 Å². The number of fused-ring (bicyclic) bond motifs is 1. The monoisotopic (exact) mass is 326 g/mol. The first kappa shape index (κ1) is 15.3. The molecule has 0 unspecified atom stereocenters. The van der Waals surface area contributed by atoms with E-state index in [2.05, 4.69) is 12.1 Å². The zero-order chi connectivity index (χ0) is 17.2. The van der Waals surface area contributed by atoms with Crippen molar-refractivity contribution in [2.75, 3.05) is 0 Å². The lowest BCUT2D eigenvalue weighted by molar-refractivity contribution is 0.469. The quantitative estimate of drug-likeness (QED) is 0.521. The topological polar surface area (TPSA) is 40.5 Å². The molecule has 2 heteroatoms. The molecule has 0 spiro atoms. The number of aromatic hydroxyl groups is 2. The average molecular weight is 326 g/mol. The van der Waals surface area contributed by atoms with E-state index in [1.807, 2.05) is 60.7 Å². The molecule has 0 fully saturated rings. The molecular weight excluding hydrogens is 308 g/mol. The molecule has 0 amide bonds. The van der Waals surface area contributed by atoms with Gasteiger partial charge in [-0.3, -0.25) is 0 Å². The van der Waals surface area contributed by atoms with Crippen LogP contribution in [-0.4, -0.2) is 10.2 Å². The van der Waals surface area contributed by atoms with Gasteiger partial charge in [0.25, 0.3) is 0 Å². The largest absolute Gasteiger partial charge is 0.508 e. The molecule has 0 aliphatic carbocycles. The van der Waals surface area contributed by atoms with Crippen LogP contribution in [0.3, 0.4) is 0 Å². The highest BCUT2D eigenvalue weighted by Gasteiger charge is 2.07. The summed E-state index contributed by atoms with van der Waals surface area (Å²) in [5.74, 6) is 0.582. The summed E-state index contributed by atoms with van der Waals surface area (Å²) in [6.07, 6.45) is 0.680. The third kappa shape index (κ3) is 3.07. The van der Waals surface area contributed by atoms with E-state index in [-0.39, 0.29) is 5.75 Å². The SMILES string of the molecule is Oc1ccc(-c2ccc3cccc(O)c3c2)cc1Cc1ccccc1. The highest BCUT2D eigenvalue weighted by atomic mass is 16.3. The van der Waals surface area contributed by atoms with Crippen LogP contribution in [0.15, 0.2) is 84.9 Å². The van der Waals surface area contributed by atoms with Crippen molar-refractivity contribution in [3.05, 3.63) is 96.1 Å². The highest BCUT2D eigenvalue weighted by molar-refractivity contribution is 5.91. The number of hydrogen-bond acceptors (Lipinski definition) is 2. The molecule has 0 bridgehead atoms. The van der Waals surface area contributed by atoms with Crippen LogP contribution in [0, 0.1) is 0 Å². The summed E-state index contributed by atoms with van der Waals surface area (Å²) in [6, 6.07) is 27.3. The predicted molar refractivity (Wildman–Crippen MR) is 102 cm³/mol. The second kappa shape index (κ2) is 6.33. The molecule has 0 saturated heterocycles. The first-order valence-corrected chi connectivity index (χ1v) is 8.29. The molecular formula is C23H18O2. The Morgan fingerprint density at radius 1 is 0.600 bits per heavy atom. The lowest BCUT2D eigenvalue weighted by Crippen LogP contribution is -1.90. The number of hydrogen-bond donors (Lipinski definition) is 2. The minimum absolute atomic E-state index is 0.280. The fourth-order valence-corrected chi connectivity index (χ4v) is 3.16. The molecule has 0 heterocycles. The van der Waals surface area contributed by atoms with Crippen LogP contribution >= 0.6 is 0 Å². The van der Waals surface area contributed by atoms with Crippen LogP contribution in [-0.2, 0) is 6.42 Å². The Kier molecular flexibility index (Phi) is 3.87. The maximum Gasteiger partial charge on any atom is 0.123 e. The fraction of sp³-hybridized carbons (Fsp3) is 0.0435. The van der Waals surface area contributed by atoms with Gasteiger partial charge in [-0.15, -0.1) is 0 Å². The van der Waals surface area contributed by atoms with Gasteiger partial charge in [0.1, 0.15) is 11.5 Å². The lowest BCUT2D eigenvalue weighted by Gasteiger charge is -2.10. The summed E-state index contributed by atoms with van der Waals surface area (Å²) in [5, 5.41) is 22.2. The van der Waals surface area contributed by atoms with Gasteiger partial charge in [-0.1, -0.05) is 60.7 Å². The minimum Gasteiger partial charge on any atom is -0.508 e. The summed E-state index contributed by atoms with van der Waals surface area (Å²) < 4.78 is 0. The molecule has 0 radical (unpaired) electrons. The molecule has 4 aromatic carbocycles. The van der Waals surface area contributed by atoms with E-state index in [0.717, 1.165) is 33.0 Å². The average Bonchev–Trinajstić information content (AvgIpc) is 2.65. The van der Waals surface area contributed by atoms with E-state index < -0.39 is 0 Å². The van der Waals surface area contributed by atoms with E-state index >= 15 is 0 Å². The predicted octanol–water partition coefficient (Wildman–Crippen LogP) is 5.51. The number of phenolic OH excluding ortho intramolecular Hbond substituents is 2. The van der Waals surface area contributed by atoms with E-state index in [9.17, 15) is 10.2 Å². The van der Waals surface area contributed by atoms with Crippen LogP contribution in [0.25, 0.3) is 21.9 Å². The first-order valence-electron chi connectivity index (χ1n) is 8.29. The maximum absolute atomic E-state index is 10.2. The van der Waals surface area contributed by atoms with Crippen molar-refractivity contribution in [2.24, 2.45) is 0 Å². The molecule has 0 atom stereocenters. The van der Waals surface area contributed by atoms with Crippen LogP contribution in [0.1, 0.15) is 11.1 Å². The minimum atomic E-state index is 0.280. The Bertz CT molecular complexity index is 1040. The summed E-state index contributed by atoms with van der Waals surface area (Å²) in [7, 11) is 0. The molecule has 0 saturated carbocycles. The molecule has 25 heavy (non-hydrogen) atoms. The second-order valence-electron chi connectivity index (χ2n) is 6.22. The van der Waals surface area contributed by atoms with Crippen molar-refractivity contribution in [3.63, 3.8) is 0 Å². The molecule has 0 aliphatic heterocycles. The molecule has 4 aromatic rings. The molecule has 0 aromatic heterocycles. The van der Waals surface area contributed by atoms with E-state index in [0.29, 0.717) is 12.2 Å². The van der Waals surface area contributed by atoms with Crippen LogP contribution in [0.5, 0.6) is 11.5 Å². The van der Waals surface area contributed by atoms with Crippen molar-refractivity contribution in [3.8, 4) is 22.6 Å². The molecule has 4 rings (SSSR count). The number of phenols is 2. The third-order valence-electron chi connectivity index (χ3n) is 4.51. The summed E-state index contributed by atoms with van der Waals surface area (Å²) in [5.41, 5.74) is 4.09. The van der Waals surface area contributed by atoms with Gasteiger partial charge in [-0.2, -0.15) is 0 Å². The smallest absolute Gasteiger partial charge is 0.123 e. The Morgan fingerprint density at radius 3 is 2.20 bits per heavy atom. The molecule has 122 valence electrons. The zero-order valence-corrected chi connectivity index (χ0v) is 13.7. The van der Waals surface area contributed by atoms with Crippen LogP contribution in [0.4, 0.5) is 0 Å². The molecule has 0 aliphatic rings. The summed E-state index contributed by atoms with van der Waals surface area (Å²) in [4.78, 5) is 0. The Morgan fingerprint density at radius 2 is 1.36 bits per heavy atom. The van der Waals surface area contributed by atoms with Crippen LogP contribution in [0.2, 0.25) is 0 Å². The maximum atomic E-state index is 10.2. The van der Waals surface area contributed by atoms with Crippen molar-refractivity contribution in [1.29, 1.82) is 0 Å². The Balaban J connectivity index is 1.76. The zero-order valence-electron chi connectivity index (χ0n) is 13.7. The van der Waals surface area contributed by atoms with Crippen molar-refractivity contribution in [2.45, 2.75) is 6.42 Å². The number of benzene rings is 4. The Hall–Kier alpha value is -3.26. The van der Waals surface area contributed by atoms with Crippen molar-refractivity contribution < 1.29 is 10.2 Å².